The Hall–Kier alpha value is -2.48. The van der Waals surface area contributed by atoms with Gasteiger partial charge in [-0.15, -0.1) is 0 Å². The van der Waals surface area contributed by atoms with Gasteiger partial charge in [0, 0.05) is 12.0 Å². The number of piperidine rings is 1. The van der Waals surface area contributed by atoms with Crippen molar-refractivity contribution in [3.8, 4) is 0 Å². The molecule has 2 aromatic heterocycles. The summed E-state index contributed by atoms with van der Waals surface area (Å²) in [5, 5.41) is 6.41. The van der Waals surface area contributed by atoms with E-state index in [0.29, 0.717) is 23.5 Å². The van der Waals surface area contributed by atoms with Crippen LogP contribution in [0.15, 0.2) is 27.4 Å². The van der Waals surface area contributed by atoms with Gasteiger partial charge >= 0.3 is 5.69 Å². The molecule has 0 spiro atoms. The van der Waals surface area contributed by atoms with Crippen molar-refractivity contribution in [3.05, 3.63) is 46.2 Å². The van der Waals surface area contributed by atoms with E-state index in [4.69, 9.17) is 4.42 Å². The molecule has 0 aliphatic carbocycles. The monoisotopic (exact) mass is 317 g/mol. The van der Waals surface area contributed by atoms with Crippen molar-refractivity contribution in [2.45, 2.75) is 25.3 Å². The van der Waals surface area contributed by atoms with Crippen LogP contribution >= 0.6 is 0 Å². The second kappa shape index (κ2) is 5.62. The molecule has 0 radical (unpaired) electrons. The third-order valence-electron chi connectivity index (χ3n) is 4.25. The lowest BCUT2D eigenvalue weighted by atomic mass is 9.96. The number of nitrogens with one attached hydrogen (secondary N) is 2. The molecule has 3 aromatic rings. The van der Waals surface area contributed by atoms with Crippen molar-refractivity contribution in [3.63, 3.8) is 0 Å². The van der Waals surface area contributed by atoms with Crippen LogP contribution in [0.1, 0.15) is 30.5 Å². The van der Waals surface area contributed by atoms with Gasteiger partial charge in [-0.05, 0) is 38.1 Å². The number of oxazole rings is 1. The van der Waals surface area contributed by atoms with Crippen molar-refractivity contribution < 1.29 is 8.81 Å². The number of aromatic amines is 2. The number of aromatic nitrogens is 4. The summed E-state index contributed by atoms with van der Waals surface area (Å²) in [7, 11) is 0. The number of nitrogens with zero attached hydrogens (tertiary/aromatic N) is 3. The van der Waals surface area contributed by atoms with Gasteiger partial charge < -0.3 is 4.42 Å². The number of rotatable bonds is 3. The molecule has 0 saturated carbocycles. The Morgan fingerprint density at radius 3 is 2.91 bits per heavy atom. The average Bonchev–Trinajstić information content (AvgIpc) is 3.13. The lowest BCUT2D eigenvalue weighted by molar-refractivity contribution is 0.186. The number of benzene rings is 1. The van der Waals surface area contributed by atoms with Gasteiger partial charge in [0.2, 0.25) is 5.89 Å². The van der Waals surface area contributed by atoms with Gasteiger partial charge in [-0.25, -0.2) is 19.3 Å². The zero-order valence-corrected chi connectivity index (χ0v) is 12.4. The maximum absolute atomic E-state index is 13.2. The highest BCUT2D eigenvalue weighted by Gasteiger charge is 2.24. The molecule has 8 heteroatoms. The van der Waals surface area contributed by atoms with Crippen molar-refractivity contribution >= 4 is 11.1 Å². The SMILES string of the molecule is O=c1[nH]nc(C2CCN(Cc3nc4ccc(F)cc4o3)CC2)[nH]1. The number of halogens is 1. The summed E-state index contributed by atoms with van der Waals surface area (Å²) < 4.78 is 18.8. The largest absolute Gasteiger partial charge is 0.439 e. The van der Waals surface area contributed by atoms with E-state index in [2.05, 4.69) is 25.1 Å². The van der Waals surface area contributed by atoms with E-state index in [1.165, 1.54) is 12.1 Å². The first-order chi connectivity index (χ1) is 11.2. The van der Waals surface area contributed by atoms with Gasteiger partial charge in [0.1, 0.15) is 17.2 Å². The molecule has 1 aliphatic rings. The fraction of sp³-hybridized carbons (Fsp3) is 0.400. The maximum Gasteiger partial charge on any atom is 0.340 e. The summed E-state index contributed by atoms with van der Waals surface area (Å²) in [6, 6.07) is 4.36. The number of H-pyrrole nitrogens is 2. The smallest absolute Gasteiger partial charge is 0.340 e. The topological polar surface area (TPSA) is 90.8 Å². The second-order valence-corrected chi connectivity index (χ2v) is 5.83. The summed E-state index contributed by atoms with van der Waals surface area (Å²) in [5.74, 6) is 1.26. The van der Waals surface area contributed by atoms with E-state index in [1.54, 1.807) is 6.07 Å². The first kappa shape index (κ1) is 14.1. The highest BCUT2D eigenvalue weighted by Crippen LogP contribution is 2.26. The molecular formula is C15H16FN5O2. The van der Waals surface area contributed by atoms with Crippen molar-refractivity contribution in [2.24, 2.45) is 0 Å². The van der Waals surface area contributed by atoms with E-state index in [9.17, 15) is 9.18 Å². The van der Waals surface area contributed by atoms with Crippen LogP contribution in [0.4, 0.5) is 4.39 Å². The van der Waals surface area contributed by atoms with Crippen LogP contribution in [0.2, 0.25) is 0 Å². The van der Waals surface area contributed by atoms with Gasteiger partial charge in [-0.1, -0.05) is 0 Å². The second-order valence-electron chi connectivity index (χ2n) is 5.83. The number of likely N-dealkylation sites (tertiary alicyclic amines) is 1. The lowest BCUT2D eigenvalue weighted by Gasteiger charge is -2.29. The highest BCUT2D eigenvalue weighted by molar-refractivity contribution is 5.72. The molecule has 2 N–H and O–H groups in total. The van der Waals surface area contributed by atoms with Crippen LogP contribution in [0.5, 0.6) is 0 Å². The van der Waals surface area contributed by atoms with Gasteiger partial charge in [-0.3, -0.25) is 9.88 Å². The van der Waals surface area contributed by atoms with Gasteiger partial charge in [0.05, 0.1) is 6.54 Å². The van der Waals surface area contributed by atoms with Crippen LogP contribution in [0.25, 0.3) is 11.1 Å². The summed E-state index contributed by atoms with van der Waals surface area (Å²) in [6.45, 7) is 2.33. The molecule has 1 aliphatic heterocycles. The van der Waals surface area contributed by atoms with Gasteiger partial charge in [0.15, 0.2) is 5.58 Å². The lowest BCUT2D eigenvalue weighted by Crippen LogP contribution is -2.33. The predicted octanol–water partition coefficient (Wildman–Crippen LogP) is 1.76. The van der Waals surface area contributed by atoms with Crippen LogP contribution in [0, 0.1) is 5.82 Å². The Morgan fingerprint density at radius 1 is 1.35 bits per heavy atom. The Labute approximate surface area is 130 Å². The first-order valence-electron chi connectivity index (χ1n) is 7.59. The highest BCUT2D eigenvalue weighted by atomic mass is 19.1. The minimum atomic E-state index is -0.325. The number of hydrogen-bond donors (Lipinski definition) is 2. The quantitative estimate of drug-likeness (QED) is 0.768. The Bertz CT molecular complexity index is 875. The molecule has 0 unspecified atom stereocenters. The van der Waals surface area contributed by atoms with Crippen LogP contribution in [-0.2, 0) is 6.54 Å². The van der Waals surface area contributed by atoms with E-state index in [-0.39, 0.29) is 17.4 Å². The maximum atomic E-state index is 13.2. The predicted molar refractivity (Wildman–Crippen MR) is 80.4 cm³/mol. The summed E-state index contributed by atoms with van der Waals surface area (Å²) in [4.78, 5) is 20.5. The molecule has 23 heavy (non-hydrogen) atoms. The van der Waals surface area contributed by atoms with Crippen molar-refractivity contribution in [1.82, 2.24) is 25.1 Å². The molecule has 0 amide bonds. The van der Waals surface area contributed by atoms with E-state index in [0.717, 1.165) is 31.8 Å². The molecule has 0 bridgehead atoms. The first-order valence-corrected chi connectivity index (χ1v) is 7.59. The molecule has 4 rings (SSSR count). The van der Waals surface area contributed by atoms with Crippen LogP contribution < -0.4 is 5.69 Å². The van der Waals surface area contributed by atoms with Crippen LogP contribution in [-0.4, -0.2) is 38.2 Å². The molecular weight excluding hydrogens is 301 g/mol. The third-order valence-corrected chi connectivity index (χ3v) is 4.25. The summed E-state index contributed by atoms with van der Waals surface area (Å²) in [6.07, 6.45) is 1.82. The zero-order chi connectivity index (χ0) is 15.8. The molecule has 7 nitrogen and oxygen atoms in total. The molecule has 1 fully saturated rings. The number of fused-ring (bicyclic) bond motifs is 1. The Balaban J connectivity index is 1.41. The summed E-state index contributed by atoms with van der Waals surface area (Å²) >= 11 is 0. The zero-order valence-electron chi connectivity index (χ0n) is 12.4. The molecule has 3 heterocycles. The van der Waals surface area contributed by atoms with Crippen LogP contribution in [0.3, 0.4) is 0 Å². The van der Waals surface area contributed by atoms with Crippen molar-refractivity contribution in [2.75, 3.05) is 13.1 Å². The normalized spacial score (nSPS) is 17.1. The third kappa shape index (κ3) is 2.89. The molecule has 0 atom stereocenters. The average molecular weight is 317 g/mol. The fourth-order valence-corrected chi connectivity index (χ4v) is 3.05. The molecule has 120 valence electrons. The number of hydrogen-bond acceptors (Lipinski definition) is 5. The fourth-order valence-electron chi connectivity index (χ4n) is 3.05. The van der Waals surface area contributed by atoms with E-state index < -0.39 is 0 Å². The van der Waals surface area contributed by atoms with Crippen molar-refractivity contribution in [1.29, 1.82) is 0 Å². The Kier molecular flexibility index (Phi) is 3.45. The van der Waals surface area contributed by atoms with E-state index in [1.807, 2.05) is 0 Å². The minimum Gasteiger partial charge on any atom is -0.439 e. The van der Waals surface area contributed by atoms with Gasteiger partial charge in [-0.2, -0.15) is 5.10 Å². The summed E-state index contributed by atoms with van der Waals surface area (Å²) in [5.41, 5.74) is 0.885. The molecule has 1 saturated heterocycles. The molecule has 1 aromatic carbocycles. The van der Waals surface area contributed by atoms with E-state index >= 15 is 0 Å². The van der Waals surface area contributed by atoms with Gasteiger partial charge in [0.25, 0.3) is 0 Å². The standard InChI is InChI=1S/C15H16FN5O2/c16-10-1-2-11-12(7-10)23-13(17-11)8-21-5-3-9(4-6-21)14-18-15(22)20-19-14/h1-2,7,9H,3-6,8H2,(H2,18,19,20,22). The minimum absolute atomic E-state index is 0.263. The Morgan fingerprint density at radius 2 is 2.17 bits per heavy atom.